The summed E-state index contributed by atoms with van der Waals surface area (Å²) < 4.78 is 15.7. The van der Waals surface area contributed by atoms with Crippen LogP contribution in [-0.2, 0) is 6.42 Å². The molecule has 0 spiro atoms. The third-order valence-electron chi connectivity index (χ3n) is 3.69. The van der Waals surface area contributed by atoms with E-state index >= 15 is 0 Å². The van der Waals surface area contributed by atoms with Crippen LogP contribution in [0.4, 0.5) is 0 Å². The fourth-order valence-electron chi connectivity index (χ4n) is 2.28. The first-order valence-electron chi connectivity index (χ1n) is 7.85. The number of ether oxygens (including phenoxy) is 3. The highest BCUT2D eigenvalue weighted by molar-refractivity contribution is 5.96. The maximum Gasteiger partial charge on any atom is 0.271 e. The summed E-state index contributed by atoms with van der Waals surface area (Å²) in [6.07, 6.45) is 2.57. The maximum absolute atomic E-state index is 12.3. The molecule has 0 aliphatic carbocycles. The van der Waals surface area contributed by atoms with E-state index in [2.05, 4.69) is 17.5 Å². The van der Waals surface area contributed by atoms with Crippen molar-refractivity contribution in [3.63, 3.8) is 0 Å². The van der Waals surface area contributed by atoms with Crippen molar-refractivity contribution in [2.24, 2.45) is 5.10 Å². The van der Waals surface area contributed by atoms with E-state index in [0.29, 0.717) is 22.8 Å². The van der Waals surface area contributed by atoms with Gasteiger partial charge in [0.15, 0.2) is 11.5 Å². The lowest BCUT2D eigenvalue weighted by Crippen LogP contribution is -2.18. The van der Waals surface area contributed by atoms with Gasteiger partial charge in [0, 0.05) is 5.56 Å². The van der Waals surface area contributed by atoms with Gasteiger partial charge in [0.25, 0.3) is 5.91 Å². The maximum atomic E-state index is 12.3. The molecule has 0 aromatic heterocycles. The predicted octanol–water partition coefficient (Wildman–Crippen LogP) is 3.04. The summed E-state index contributed by atoms with van der Waals surface area (Å²) in [6, 6.07) is 11.1. The van der Waals surface area contributed by atoms with E-state index in [1.807, 2.05) is 24.3 Å². The predicted molar refractivity (Wildman–Crippen MR) is 97.0 cm³/mol. The lowest BCUT2D eigenvalue weighted by atomic mass is 10.1. The minimum absolute atomic E-state index is 0.355. The molecular formula is C19H22N2O4. The minimum Gasteiger partial charge on any atom is -0.493 e. The molecule has 0 aliphatic heterocycles. The second-order valence-electron chi connectivity index (χ2n) is 5.21. The Morgan fingerprint density at radius 1 is 1.04 bits per heavy atom. The van der Waals surface area contributed by atoms with E-state index in [9.17, 15) is 4.79 Å². The highest BCUT2D eigenvalue weighted by Gasteiger charge is 2.16. The number of hydrazone groups is 1. The molecule has 0 atom stereocenters. The summed E-state index contributed by atoms with van der Waals surface area (Å²) in [5, 5.41) is 3.99. The molecule has 132 valence electrons. The molecular weight excluding hydrogens is 320 g/mol. The Hall–Kier alpha value is -3.02. The van der Waals surface area contributed by atoms with Gasteiger partial charge in [-0.25, -0.2) is 5.43 Å². The molecule has 2 aromatic rings. The van der Waals surface area contributed by atoms with Crippen molar-refractivity contribution in [3.05, 3.63) is 53.1 Å². The first-order valence-corrected chi connectivity index (χ1v) is 7.85. The second-order valence-corrected chi connectivity index (χ2v) is 5.21. The molecule has 2 aromatic carbocycles. The zero-order valence-electron chi connectivity index (χ0n) is 14.8. The largest absolute Gasteiger partial charge is 0.493 e. The number of benzene rings is 2. The Morgan fingerprint density at radius 2 is 1.64 bits per heavy atom. The van der Waals surface area contributed by atoms with Gasteiger partial charge in [-0.2, -0.15) is 5.10 Å². The lowest BCUT2D eigenvalue weighted by Gasteiger charge is -2.13. The minimum atomic E-state index is -0.374. The summed E-state index contributed by atoms with van der Waals surface area (Å²) in [5.74, 6) is 0.874. The topological polar surface area (TPSA) is 69.2 Å². The van der Waals surface area contributed by atoms with E-state index in [4.69, 9.17) is 14.2 Å². The molecule has 0 saturated heterocycles. The molecule has 0 unspecified atom stereocenters. The van der Waals surface area contributed by atoms with Crippen LogP contribution in [0.5, 0.6) is 17.2 Å². The number of amides is 1. The summed E-state index contributed by atoms with van der Waals surface area (Å²) >= 11 is 0. The average Bonchev–Trinajstić information content (AvgIpc) is 2.67. The smallest absolute Gasteiger partial charge is 0.271 e. The van der Waals surface area contributed by atoms with Crippen LogP contribution in [0.3, 0.4) is 0 Å². The van der Waals surface area contributed by atoms with Crippen molar-refractivity contribution >= 4 is 12.1 Å². The van der Waals surface area contributed by atoms with Crippen molar-refractivity contribution in [3.8, 4) is 17.2 Å². The van der Waals surface area contributed by atoms with Gasteiger partial charge < -0.3 is 14.2 Å². The molecule has 6 heteroatoms. The fraction of sp³-hybridized carbons (Fsp3) is 0.263. The van der Waals surface area contributed by atoms with Crippen molar-refractivity contribution in [1.29, 1.82) is 0 Å². The number of carbonyl (C=O) groups excluding carboxylic acids is 1. The van der Waals surface area contributed by atoms with Gasteiger partial charge in [0.2, 0.25) is 5.75 Å². The van der Waals surface area contributed by atoms with Gasteiger partial charge in [-0.15, -0.1) is 0 Å². The molecule has 0 bridgehead atoms. The summed E-state index contributed by atoms with van der Waals surface area (Å²) in [7, 11) is 4.50. The van der Waals surface area contributed by atoms with Crippen molar-refractivity contribution in [1.82, 2.24) is 5.43 Å². The zero-order chi connectivity index (χ0) is 18.2. The first-order chi connectivity index (χ1) is 12.1. The Kier molecular flexibility index (Phi) is 6.39. The normalized spacial score (nSPS) is 10.6. The number of methoxy groups -OCH3 is 3. The molecule has 0 aliphatic rings. The van der Waals surface area contributed by atoms with E-state index in [1.165, 1.54) is 26.9 Å². The molecule has 0 heterocycles. The number of hydrogen-bond donors (Lipinski definition) is 1. The molecule has 2 rings (SSSR count). The van der Waals surface area contributed by atoms with Crippen LogP contribution in [-0.4, -0.2) is 33.5 Å². The number of rotatable bonds is 7. The van der Waals surface area contributed by atoms with Crippen LogP contribution in [0, 0.1) is 0 Å². The van der Waals surface area contributed by atoms with Gasteiger partial charge in [0.1, 0.15) is 0 Å². The summed E-state index contributed by atoms with van der Waals surface area (Å²) in [6.45, 7) is 2.10. The first kappa shape index (κ1) is 18.3. The van der Waals surface area contributed by atoms with Crippen molar-refractivity contribution in [2.75, 3.05) is 21.3 Å². The highest BCUT2D eigenvalue weighted by atomic mass is 16.5. The summed E-state index contributed by atoms with van der Waals surface area (Å²) in [5.41, 5.74) is 5.00. The molecule has 1 N–H and O–H groups in total. The van der Waals surface area contributed by atoms with E-state index in [0.717, 1.165) is 12.0 Å². The van der Waals surface area contributed by atoms with Crippen LogP contribution in [0.25, 0.3) is 0 Å². The molecule has 0 radical (unpaired) electrons. The molecule has 1 amide bonds. The number of nitrogens with one attached hydrogen (secondary N) is 1. The Morgan fingerprint density at radius 3 is 2.12 bits per heavy atom. The SMILES string of the molecule is CCc1ccc(/C=N/NC(=O)c2cc(OC)c(OC)c(OC)c2)cc1. The van der Waals surface area contributed by atoms with Crippen LogP contribution >= 0.6 is 0 Å². The molecule has 25 heavy (non-hydrogen) atoms. The zero-order valence-corrected chi connectivity index (χ0v) is 14.8. The quantitative estimate of drug-likeness (QED) is 0.620. The number of hydrogen-bond acceptors (Lipinski definition) is 5. The molecule has 0 saturated carbocycles. The third kappa shape index (κ3) is 4.50. The van der Waals surface area contributed by atoms with Gasteiger partial charge in [-0.05, 0) is 29.7 Å². The average molecular weight is 342 g/mol. The van der Waals surface area contributed by atoms with Crippen LogP contribution in [0.15, 0.2) is 41.5 Å². The number of carbonyl (C=O) groups is 1. The van der Waals surface area contributed by atoms with Crippen LogP contribution < -0.4 is 19.6 Å². The van der Waals surface area contributed by atoms with Gasteiger partial charge in [-0.1, -0.05) is 31.2 Å². The number of aryl methyl sites for hydroxylation is 1. The van der Waals surface area contributed by atoms with Crippen molar-refractivity contribution in [2.45, 2.75) is 13.3 Å². The molecule has 0 fully saturated rings. The van der Waals surface area contributed by atoms with Gasteiger partial charge in [-0.3, -0.25) is 4.79 Å². The van der Waals surface area contributed by atoms with E-state index in [1.54, 1.807) is 18.3 Å². The van der Waals surface area contributed by atoms with Gasteiger partial charge in [0.05, 0.1) is 27.5 Å². The van der Waals surface area contributed by atoms with E-state index < -0.39 is 0 Å². The molecule has 6 nitrogen and oxygen atoms in total. The third-order valence-corrected chi connectivity index (χ3v) is 3.69. The lowest BCUT2D eigenvalue weighted by molar-refractivity contribution is 0.0954. The number of nitrogens with zero attached hydrogens (tertiary/aromatic N) is 1. The fourth-order valence-corrected chi connectivity index (χ4v) is 2.28. The van der Waals surface area contributed by atoms with Crippen LogP contribution in [0.2, 0.25) is 0 Å². The summed E-state index contributed by atoms with van der Waals surface area (Å²) in [4.78, 5) is 12.3. The van der Waals surface area contributed by atoms with Crippen LogP contribution in [0.1, 0.15) is 28.4 Å². The highest BCUT2D eigenvalue weighted by Crippen LogP contribution is 2.38. The standard InChI is InChI=1S/C19H22N2O4/c1-5-13-6-8-14(9-7-13)12-20-21-19(22)15-10-16(23-2)18(25-4)17(11-15)24-3/h6-12H,5H2,1-4H3,(H,21,22)/b20-12+. The van der Waals surface area contributed by atoms with Crippen molar-refractivity contribution < 1.29 is 19.0 Å². The van der Waals surface area contributed by atoms with E-state index in [-0.39, 0.29) is 5.91 Å². The Labute approximate surface area is 147 Å². The Balaban J connectivity index is 2.13. The Bertz CT molecular complexity index is 730. The van der Waals surface area contributed by atoms with Gasteiger partial charge >= 0.3 is 0 Å². The second kappa shape index (κ2) is 8.73. The monoisotopic (exact) mass is 342 g/mol.